The van der Waals surface area contributed by atoms with Crippen LogP contribution >= 0.6 is 11.6 Å². The summed E-state index contributed by atoms with van der Waals surface area (Å²) >= 11 is 6.07. The number of carbonyl (C=O) groups excluding carboxylic acids is 2. The number of benzene rings is 1. The highest BCUT2D eigenvalue weighted by molar-refractivity contribution is 6.30. The van der Waals surface area contributed by atoms with Crippen molar-refractivity contribution in [2.75, 3.05) is 0 Å². The van der Waals surface area contributed by atoms with Crippen molar-refractivity contribution in [1.82, 2.24) is 5.32 Å². The van der Waals surface area contributed by atoms with Crippen LogP contribution in [0.15, 0.2) is 24.3 Å². The number of rotatable bonds is 1. The lowest BCUT2D eigenvalue weighted by Crippen LogP contribution is -2.49. The molecule has 1 saturated carbocycles. The molecule has 1 spiro atoms. The van der Waals surface area contributed by atoms with Crippen LogP contribution in [0.4, 0.5) is 0 Å². The largest absolute Gasteiger partial charge is 0.296 e. The Morgan fingerprint density at radius 3 is 2.80 bits per heavy atom. The quantitative estimate of drug-likeness (QED) is 0.807. The molecule has 0 aromatic heterocycles. The maximum Gasteiger partial charge on any atom is 0.234 e. The van der Waals surface area contributed by atoms with Gasteiger partial charge < -0.3 is 0 Å². The summed E-state index contributed by atoms with van der Waals surface area (Å²) in [5, 5.41) is 3.13. The molecule has 1 aromatic rings. The van der Waals surface area contributed by atoms with Gasteiger partial charge in [0.25, 0.3) is 0 Å². The molecule has 2 aliphatic rings. The number of hydrogen-bond donors (Lipinski definition) is 1. The van der Waals surface area contributed by atoms with E-state index in [1.54, 1.807) is 6.07 Å². The van der Waals surface area contributed by atoms with Crippen LogP contribution in [0.3, 0.4) is 0 Å². The van der Waals surface area contributed by atoms with E-state index in [0.29, 0.717) is 17.4 Å². The Morgan fingerprint density at radius 1 is 1.35 bits per heavy atom. The van der Waals surface area contributed by atoms with Crippen molar-refractivity contribution >= 4 is 23.4 Å². The molecule has 106 valence electrons. The van der Waals surface area contributed by atoms with Gasteiger partial charge >= 0.3 is 0 Å². The number of hydrogen-bond acceptors (Lipinski definition) is 2. The van der Waals surface area contributed by atoms with Crippen LogP contribution in [-0.4, -0.2) is 11.8 Å². The van der Waals surface area contributed by atoms with Crippen LogP contribution < -0.4 is 5.32 Å². The Morgan fingerprint density at radius 2 is 2.15 bits per heavy atom. The van der Waals surface area contributed by atoms with E-state index in [9.17, 15) is 9.59 Å². The first-order valence-corrected chi connectivity index (χ1v) is 7.47. The summed E-state index contributed by atoms with van der Waals surface area (Å²) < 4.78 is 0. The van der Waals surface area contributed by atoms with Gasteiger partial charge in [0.15, 0.2) is 0 Å². The Hall–Kier alpha value is -1.35. The average molecular weight is 292 g/mol. The molecule has 2 fully saturated rings. The van der Waals surface area contributed by atoms with Crippen molar-refractivity contribution in [3.05, 3.63) is 34.9 Å². The molecule has 4 heteroatoms. The maximum atomic E-state index is 12.4. The molecule has 20 heavy (non-hydrogen) atoms. The topological polar surface area (TPSA) is 46.2 Å². The van der Waals surface area contributed by atoms with E-state index < -0.39 is 0 Å². The zero-order valence-corrected chi connectivity index (χ0v) is 12.2. The third-order valence-electron chi connectivity index (χ3n) is 4.72. The average Bonchev–Trinajstić information content (AvgIpc) is 2.69. The third kappa shape index (κ3) is 2.24. The monoisotopic (exact) mass is 291 g/mol. The molecule has 1 aliphatic carbocycles. The molecule has 0 radical (unpaired) electrons. The lowest BCUT2D eigenvalue weighted by atomic mass is 9.66. The van der Waals surface area contributed by atoms with Crippen molar-refractivity contribution in [1.29, 1.82) is 0 Å². The van der Waals surface area contributed by atoms with E-state index in [4.69, 9.17) is 11.6 Å². The molecule has 1 aromatic carbocycles. The molecule has 1 aliphatic heterocycles. The molecule has 3 atom stereocenters. The number of carbonyl (C=O) groups is 2. The van der Waals surface area contributed by atoms with Gasteiger partial charge in [0.1, 0.15) is 0 Å². The summed E-state index contributed by atoms with van der Waals surface area (Å²) in [6.45, 7) is 2.20. The highest BCUT2D eigenvalue weighted by Gasteiger charge is 2.51. The van der Waals surface area contributed by atoms with Gasteiger partial charge in [-0.3, -0.25) is 14.9 Å². The maximum absolute atomic E-state index is 12.4. The summed E-state index contributed by atoms with van der Waals surface area (Å²) in [4.78, 5) is 24.2. The summed E-state index contributed by atoms with van der Waals surface area (Å²) in [6, 6.07) is 7.47. The number of halogens is 1. The van der Waals surface area contributed by atoms with Gasteiger partial charge in [-0.05, 0) is 41.9 Å². The van der Waals surface area contributed by atoms with Crippen molar-refractivity contribution in [2.45, 2.75) is 38.5 Å². The van der Waals surface area contributed by atoms with Crippen LogP contribution in [0, 0.1) is 11.3 Å². The zero-order chi connectivity index (χ0) is 14.3. The van der Waals surface area contributed by atoms with Crippen molar-refractivity contribution in [3.8, 4) is 0 Å². The summed E-state index contributed by atoms with van der Waals surface area (Å²) in [6.07, 6.45) is 3.39. The fraction of sp³-hybridized carbons (Fsp3) is 0.500. The molecule has 3 nitrogen and oxygen atoms in total. The van der Waals surface area contributed by atoms with Crippen LogP contribution in [0.5, 0.6) is 0 Å². The first kappa shape index (κ1) is 13.6. The van der Waals surface area contributed by atoms with E-state index in [1.165, 1.54) is 0 Å². The smallest absolute Gasteiger partial charge is 0.234 e. The molecule has 3 unspecified atom stereocenters. The van der Waals surface area contributed by atoms with Crippen molar-refractivity contribution in [2.24, 2.45) is 11.3 Å². The Bertz CT molecular complexity index is 571. The van der Waals surface area contributed by atoms with Gasteiger partial charge in [-0.15, -0.1) is 0 Å². The molecule has 1 heterocycles. The Labute approximate surface area is 123 Å². The number of imide groups is 1. The Kier molecular flexibility index (Phi) is 3.33. The third-order valence-corrected chi connectivity index (χ3v) is 4.96. The zero-order valence-electron chi connectivity index (χ0n) is 11.5. The van der Waals surface area contributed by atoms with Crippen LogP contribution in [0.2, 0.25) is 5.02 Å². The lowest BCUT2D eigenvalue weighted by molar-refractivity contribution is -0.140. The van der Waals surface area contributed by atoms with E-state index in [0.717, 1.165) is 24.8 Å². The molecule has 1 N–H and O–H groups in total. The fourth-order valence-corrected chi connectivity index (χ4v) is 4.20. The summed E-state index contributed by atoms with van der Waals surface area (Å²) in [7, 11) is 0. The number of nitrogens with one attached hydrogen (secondary N) is 1. The lowest BCUT2D eigenvalue weighted by Gasteiger charge is -2.40. The minimum Gasteiger partial charge on any atom is -0.296 e. The first-order valence-electron chi connectivity index (χ1n) is 7.09. The summed E-state index contributed by atoms with van der Waals surface area (Å²) in [5.41, 5.74) is 0.709. The van der Waals surface area contributed by atoms with Crippen molar-refractivity contribution < 1.29 is 9.59 Å². The number of piperidine rings is 1. The number of amides is 2. The molecule has 2 amide bonds. The van der Waals surface area contributed by atoms with Crippen LogP contribution in [-0.2, 0) is 9.59 Å². The molecule has 0 bridgehead atoms. The van der Waals surface area contributed by atoms with E-state index in [1.807, 2.05) is 18.2 Å². The molecule has 3 rings (SSSR count). The van der Waals surface area contributed by atoms with E-state index >= 15 is 0 Å². The van der Waals surface area contributed by atoms with Gasteiger partial charge in [0.05, 0.1) is 5.92 Å². The highest BCUT2D eigenvalue weighted by Crippen LogP contribution is 2.54. The Balaban J connectivity index is 2.04. The molecule has 1 saturated heterocycles. The van der Waals surface area contributed by atoms with Gasteiger partial charge in [-0.1, -0.05) is 37.1 Å². The highest BCUT2D eigenvalue weighted by atomic mass is 35.5. The van der Waals surface area contributed by atoms with Gasteiger partial charge in [-0.25, -0.2) is 0 Å². The summed E-state index contributed by atoms with van der Waals surface area (Å²) in [5.74, 6) is -0.000714. The fourth-order valence-electron chi connectivity index (χ4n) is 4.00. The first-order chi connectivity index (χ1) is 9.50. The minimum absolute atomic E-state index is 0.137. The standard InChI is InChI=1S/C16H18ClNO2/c1-10-5-6-16(8-10)9-13(19)18-15(20)14(16)11-3-2-4-12(17)7-11/h2-4,7,10,14H,5-6,8-9H2,1H3,(H,18,19,20). The second-order valence-corrected chi connectivity index (χ2v) is 6.72. The predicted molar refractivity (Wildman–Crippen MR) is 77.4 cm³/mol. The van der Waals surface area contributed by atoms with Crippen molar-refractivity contribution in [3.63, 3.8) is 0 Å². The minimum atomic E-state index is -0.260. The SMILES string of the molecule is CC1CCC2(CC(=O)NC(=O)C2c2cccc(Cl)c2)C1. The van der Waals surface area contributed by atoms with E-state index in [2.05, 4.69) is 12.2 Å². The molecular formula is C16H18ClNO2. The van der Waals surface area contributed by atoms with Crippen LogP contribution in [0.1, 0.15) is 44.1 Å². The van der Waals surface area contributed by atoms with E-state index in [-0.39, 0.29) is 23.1 Å². The van der Waals surface area contributed by atoms with Gasteiger partial charge in [0.2, 0.25) is 11.8 Å². The second-order valence-electron chi connectivity index (χ2n) is 6.29. The van der Waals surface area contributed by atoms with Gasteiger partial charge in [-0.2, -0.15) is 0 Å². The van der Waals surface area contributed by atoms with Gasteiger partial charge in [0, 0.05) is 11.4 Å². The normalized spacial score (nSPS) is 33.5. The second kappa shape index (κ2) is 4.88. The predicted octanol–water partition coefficient (Wildman–Crippen LogP) is 3.28. The van der Waals surface area contributed by atoms with Crippen LogP contribution in [0.25, 0.3) is 0 Å². The molecular weight excluding hydrogens is 274 g/mol.